The summed E-state index contributed by atoms with van der Waals surface area (Å²) in [6, 6.07) is 10.1. The first kappa shape index (κ1) is 10.8. The normalized spacial score (nSPS) is 12.2. The van der Waals surface area contributed by atoms with Crippen LogP contribution in [-0.4, -0.2) is 24.9 Å². The summed E-state index contributed by atoms with van der Waals surface area (Å²) in [4.78, 5) is 13.1. The molecule has 0 radical (unpaired) electrons. The van der Waals surface area contributed by atoms with E-state index >= 15 is 0 Å². The molecule has 0 aromatic heterocycles. The van der Waals surface area contributed by atoms with Crippen LogP contribution in [0.3, 0.4) is 0 Å². The van der Waals surface area contributed by atoms with Gasteiger partial charge in [-0.25, -0.2) is 0 Å². The summed E-state index contributed by atoms with van der Waals surface area (Å²) in [5.74, 6) is 0.479. The van der Waals surface area contributed by atoms with Gasteiger partial charge in [-0.3, -0.25) is 4.79 Å². The Morgan fingerprint density at radius 3 is 2.36 bits per heavy atom. The molecular formula is C12H17NO. The summed E-state index contributed by atoms with van der Waals surface area (Å²) >= 11 is 0. The van der Waals surface area contributed by atoms with Crippen molar-refractivity contribution in [3.8, 4) is 0 Å². The summed E-state index contributed by atoms with van der Waals surface area (Å²) in [5, 5.41) is 0. The van der Waals surface area contributed by atoms with Gasteiger partial charge in [0.05, 0.1) is 0 Å². The fourth-order valence-corrected chi connectivity index (χ4v) is 1.34. The topological polar surface area (TPSA) is 20.3 Å². The SMILES string of the molecule is CC(CC(=O)N(C)C)c1ccccc1. The maximum atomic E-state index is 11.5. The van der Waals surface area contributed by atoms with Crippen LogP contribution in [0, 0.1) is 0 Å². The first-order chi connectivity index (χ1) is 6.61. The highest BCUT2D eigenvalue weighted by molar-refractivity contribution is 5.76. The van der Waals surface area contributed by atoms with Gasteiger partial charge in [-0.2, -0.15) is 0 Å². The minimum absolute atomic E-state index is 0.182. The fraction of sp³-hybridized carbons (Fsp3) is 0.417. The second-order valence-electron chi connectivity index (χ2n) is 3.80. The third-order valence-corrected chi connectivity index (χ3v) is 2.35. The summed E-state index contributed by atoms with van der Waals surface area (Å²) in [7, 11) is 3.58. The van der Waals surface area contributed by atoms with Crippen molar-refractivity contribution < 1.29 is 4.79 Å². The lowest BCUT2D eigenvalue weighted by molar-refractivity contribution is -0.129. The van der Waals surface area contributed by atoms with Gasteiger partial charge in [0, 0.05) is 20.5 Å². The molecule has 0 heterocycles. The Kier molecular flexibility index (Phi) is 3.69. The van der Waals surface area contributed by atoms with Crippen molar-refractivity contribution in [3.63, 3.8) is 0 Å². The molecule has 0 bridgehead atoms. The number of hydrogen-bond donors (Lipinski definition) is 0. The number of nitrogens with zero attached hydrogens (tertiary/aromatic N) is 1. The van der Waals surface area contributed by atoms with Crippen molar-refractivity contribution in [3.05, 3.63) is 35.9 Å². The number of benzene rings is 1. The molecule has 2 nitrogen and oxygen atoms in total. The van der Waals surface area contributed by atoms with E-state index in [1.54, 1.807) is 19.0 Å². The average molecular weight is 191 g/mol. The first-order valence-corrected chi connectivity index (χ1v) is 4.86. The van der Waals surface area contributed by atoms with Crippen LogP contribution < -0.4 is 0 Å². The van der Waals surface area contributed by atoms with Crippen LogP contribution in [0.25, 0.3) is 0 Å². The van der Waals surface area contributed by atoms with Crippen molar-refractivity contribution in [2.45, 2.75) is 19.3 Å². The van der Waals surface area contributed by atoms with Crippen LogP contribution in [0.2, 0.25) is 0 Å². The molecule has 2 heteroatoms. The molecular weight excluding hydrogens is 174 g/mol. The second-order valence-corrected chi connectivity index (χ2v) is 3.80. The van der Waals surface area contributed by atoms with Crippen LogP contribution in [0.5, 0.6) is 0 Å². The monoisotopic (exact) mass is 191 g/mol. The van der Waals surface area contributed by atoms with Gasteiger partial charge >= 0.3 is 0 Å². The molecule has 1 amide bonds. The number of hydrogen-bond acceptors (Lipinski definition) is 1. The molecule has 1 aromatic rings. The Bertz CT molecular complexity index is 292. The molecule has 1 rings (SSSR count). The lowest BCUT2D eigenvalue weighted by atomic mass is 9.97. The van der Waals surface area contributed by atoms with E-state index in [1.807, 2.05) is 18.2 Å². The Labute approximate surface area is 85.5 Å². The van der Waals surface area contributed by atoms with E-state index in [0.717, 1.165) is 0 Å². The highest BCUT2D eigenvalue weighted by Gasteiger charge is 2.11. The zero-order valence-electron chi connectivity index (χ0n) is 9.03. The fourth-order valence-electron chi connectivity index (χ4n) is 1.34. The van der Waals surface area contributed by atoms with Gasteiger partial charge in [0.25, 0.3) is 0 Å². The molecule has 0 saturated carbocycles. The molecule has 14 heavy (non-hydrogen) atoms. The van der Waals surface area contributed by atoms with E-state index in [2.05, 4.69) is 19.1 Å². The number of carbonyl (C=O) groups excluding carboxylic acids is 1. The Hall–Kier alpha value is -1.31. The quantitative estimate of drug-likeness (QED) is 0.717. The van der Waals surface area contributed by atoms with Gasteiger partial charge in [0.1, 0.15) is 0 Å². The van der Waals surface area contributed by atoms with Crippen LogP contribution in [0.1, 0.15) is 24.8 Å². The second kappa shape index (κ2) is 4.80. The van der Waals surface area contributed by atoms with Gasteiger partial charge in [-0.1, -0.05) is 37.3 Å². The first-order valence-electron chi connectivity index (χ1n) is 4.86. The Balaban J connectivity index is 2.59. The lowest BCUT2D eigenvalue weighted by Crippen LogP contribution is -2.22. The van der Waals surface area contributed by atoms with Gasteiger partial charge in [0.2, 0.25) is 5.91 Å². The lowest BCUT2D eigenvalue weighted by Gasteiger charge is -2.15. The third-order valence-electron chi connectivity index (χ3n) is 2.35. The van der Waals surface area contributed by atoms with Crippen LogP contribution in [-0.2, 0) is 4.79 Å². The van der Waals surface area contributed by atoms with Crippen molar-refractivity contribution in [2.24, 2.45) is 0 Å². The summed E-state index contributed by atoms with van der Waals surface area (Å²) in [5.41, 5.74) is 1.22. The zero-order chi connectivity index (χ0) is 10.6. The van der Waals surface area contributed by atoms with Crippen molar-refractivity contribution in [2.75, 3.05) is 14.1 Å². The minimum Gasteiger partial charge on any atom is -0.349 e. The predicted molar refractivity (Wildman–Crippen MR) is 58.2 cm³/mol. The molecule has 0 aliphatic heterocycles. The van der Waals surface area contributed by atoms with Crippen molar-refractivity contribution in [1.82, 2.24) is 4.90 Å². The highest BCUT2D eigenvalue weighted by Crippen LogP contribution is 2.18. The van der Waals surface area contributed by atoms with Gasteiger partial charge in [0.15, 0.2) is 0 Å². The van der Waals surface area contributed by atoms with E-state index in [9.17, 15) is 4.79 Å². The van der Waals surface area contributed by atoms with Gasteiger partial charge in [-0.15, -0.1) is 0 Å². The van der Waals surface area contributed by atoms with Crippen LogP contribution in [0.4, 0.5) is 0 Å². The summed E-state index contributed by atoms with van der Waals surface area (Å²) < 4.78 is 0. The molecule has 0 aliphatic carbocycles. The molecule has 1 atom stereocenters. The van der Waals surface area contributed by atoms with E-state index in [0.29, 0.717) is 12.3 Å². The molecule has 0 N–H and O–H groups in total. The maximum absolute atomic E-state index is 11.5. The van der Waals surface area contributed by atoms with E-state index < -0.39 is 0 Å². The molecule has 0 saturated heterocycles. The maximum Gasteiger partial charge on any atom is 0.222 e. The Morgan fingerprint density at radius 1 is 1.29 bits per heavy atom. The number of carbonyl (C=O) groups is 1. The van der Waals surface area contributed by atoms with E-state index in [1.165, 1.54) is 5.56 Å². The molecule has 0 aliphatic rings. The van der Waals surface area contributed by atoms with Crippen molar-refractivity contribution >= 4 is 5.91 Å². The number of amides is 1. The smallest absolute Gasteiger partial charge is 0.222 e. The van der Waals surface area contributed by atoms with Crippen LogP contribution >= 0.6 is 0 Å². The van der Waals surface area contributed by atoms with Crippen molar-refractivity contribution in [1.29, 1.82) is 0 Å². The summed E-state index contributed by atoms with van der Waals surface area (Å²) in [6.45, 7) is 2.08. The molecule has 0 fully saturated rings. The molecule has 1 unspecified atom stereocenters. The molecule has 76 valence electrons. The van der Waals surface area contributed by atoms with Gasteiger partial charge < -0.3 is 4.90 Å². The number of rotatable bonds is 3. The van der Waals surface area contributed by atoms with Crippen LogP contribution in [0.15, 0.2) is 30.3 Å². The largest absolute Gasteiger partial charge is 0.349 e. The van der Waals surface area contributed by atoms with E-state index in [-0.39, 0.29) is 5.91 Å². The van der Waals surface area contributed by atoms with E-state index in [4.69, 9.17) is 0 Å². The molecule has 1 aromatic carbocycles. The summed E-state index contributed by atoms with van der Waals surface area (Å²) in [6.07, 6.45) is 0.580. The molecule has 0 spiro atoms. The predicted octanol–water partition coefficient (Wildman–Crippen LogP) is 2.27. The highest BCUT2D eigenvalue weighted by atomic mass is 16.2. The average Bonchev–Trinajstić information content (AvgIpc) is 2.19. The third kappa shape index (κ3) is 2.87. The standard InChI is InChI=1S/C12H17NO/c1-10(9-12(14)13(2)3)11-7-5-4-6-8-11/h4-8,10H,9H2,1-3H3. The zero-order valence-corrected chi connectivity index (χ0v) is 9.03. The van der Waals surface area contributed by atoms with Gasteiger partial charge in [-0.05, 0) is 11.5 Å². The Morgan fingerprint density at radius 2 is 1.86 bits per heavy atom. The minimum atomic E-state index is 0.182.